The Morgan fingerprint density at radius 2 is 2.13 bits per heavy atom. The van der Waals surface area contributed by atoms with E-state index < -0.39 is 0 Å². The lowest BCUT2D eigenvalue weighted by atomic mass is 9.96. The Balaban J connectivity index is 2.06. The second kappa shape index (κ2) is 4.60. The molecule has 0 saturated heterocycles. The van der Waals surface area contributed by atoms with Crippen LogP contribution in [0.2, 0.25) is 0 Å². The maximum Gasteiger partial charge on any atom is 0.155 e. The third kappa shape index (κ3) is 2.46. The summed E-state index contributed by atoms with van der Waals surface area (Å²) >= 11 is 0. The van der Waals surface area contributed by atoms with Crippen LogP contribution >= 0.6 is 0 Å². The normalized spacial score (nSPS) is 21.1. The summed E-state index contributed by atoms with van der Waals surface area (Å²) in [6.07, 6.45) is 5.13. The third-order valence-corrected chi connectivity index (χ3v) is 2.66. The quantitative estimate of drug-likeness (QED) is 0.705. The topological polar surface area (TPSA) is 18.5 Å². The molecule has 80 valence electrons. The average molecular weight is 204 g/mol. The van der Waals surface area contributed by atoms with Crippen LogP contribution in [0, 0.1) is 0 Å². The first-order valence-corrected chi connectivity index (χ1v) is 5.24. The van der Waals surface area contributed by atoms with Crippen LogP contribution in [0.25, 0.3) is 6.08 Å². The smallest absolute Gasteiger partial charge is 0.155 e. The van der Waals surface area contributed by atoms with E-state index in [0.717, 1.165) is 6.42 Å². The SMILES string of the molecule is COC(C)OC1C=Cc2ccccc2C1. The molecule has 0 aliphatic heterocycles. The molecule has 0 aromatic heterocycles. The van der Waals surface area contributed by atoms with Crippen LogP contribution in [-0.2, 0) is 15.9 Å². The molecule has 2 nitrogen and oxygen atoms in total. The first-order chi connectivity index (χ1) is 7.29. The van der Waals surface area contributed by atoms with Gasteiger partial charge in [-0.05, 0) is 18.1 Å². The zero-order valence-corrected chi connectivity index (χ0v) is 9.14. The summed E-state index contributed by atoms with van der Waals surface area (Å²) in [6.45, 7) is 1.91. The summed E-state index contributed by atoms with van der Waals surface area (Å²) in [5, 5.41) is 0. The maximum absolute atomic E-state index is 5.69. The van der Waals surface area contributed by atoms with Gasteiger partial charge in [-0.25, -0.2) is 0 Å². The predicted octanol–water partition coefficient (Wildman–Crippen LogP) is 2.63. The van der Waals surface area contributed by atoms with Crippen molar-refractivity contribution < 1.29 is 9.47 Å². The largest absolute Gasteiger partial charge is 0.356 e. The van der Waals surface area contributed by atoms with Gasteiger partial charge >= 0.3 is 0 Å². The fraction of sp³-hybridized carbons (Fsp3) is 0.385. The fourth-order valence-corrected chi connectivity index (χ4v) is 1.77. The summed E-state index contributed by atoms with van der Waals surface area (Å²) in [7, 11) is 1.66. The average Bonchev–Trinajstić information content (AvgIpc) is 2.29. The van der Waals surface area contributed by atoms with Gasteiger partial charge in [0.15, 0.2) is 6.29 Å². The molecule has 0 amide bonds. The highest BCUT2D eigenvalue weighted by molar-refractivity contribution is 5.57. The Kier molecular flexibility index (Phi) is 3.19. The van der Waals surface area contributed by atoms with Crippen LogP contribution in [0.4, 0.5) is 0 Å². The second-order valence-corrected chi connectivity index (χ2v) is 3.74. The van der Waals surface area contributed by atoms with Gasteiger partial charge in [0.2, 0.25) is 0 Å². The summed E-state index contributed by atoms with van der Waals surface area (Å²) in [6, 6.07) is 8.39. The highest BCUT2D eigenvalue weighted by Crippen LogP contribution is 2.21. The monoisotopic (exact) mass is 204 g/mol. The molecule has 15 heavy (non-hydrogen) atoms. The highest BCUT2D eigenvalue weighted by atomic mass is 16.7. The molecule has 1 aromatic carbocycles. The van der Waals surface area contributed by atoms with Crippen LogP contribution < -0.4 is 0 Å². The maximum atomic E-state index is 5.69. The van der Waals surface area contributed by atoms with Crippen molar-refractivity contribution in [1.29, 1.82) is 0 Å². The standard InChI is InChI=1S/C13H16O2/c1-10(14-2)15-13-8-7-11-5-3-4-6-12(11)9-13/h3-8,10,13H,9H2,1-2H3. The molecule has 1 aliphatic rings. The number of hydrogen-bond donors (Lipinski definition) is 0. The van der Waals surface area contributed by atoms with Gasteiger partial charge < -0.3 is 9.47 Å². The summed E-state index contributed by atoms with van der Waals surface area (Å²) < 4.78 is 10.8. The Morgan fingerprint density at radius 3 is 2.93 bits per heavy atom. The minimum absolute atomic E-state index is 0.134. The van der Waals surface area contributed by atoms with Crippen molar-refractivity contribution in [2.45, 2.75) is 25.7 Å². The third-order valence-electron chi connectivity index (χ3n) is 2.66. The molecule has 0 spiro atoms. The van der Waals surface area contributed by atoms with Gasteiger partial charge in [0.25, 0.3) is 0 Å². The molecular formula is C13H16O2. The van der Waals surface area contributed by atoms with Crippen molar-refractivity contribution in [3.8, 4) is 0 Å². The number of ether oxygens (including phenoxy) is 2. The second-order valence-electron chi connectivity index (χ2n) is 3.74. The van der Waals surface area contributed by atoms with E-state index in [9.17, 15) is 0 Å². The van der Waals surface area contributed by atoms with Gasteiger partial charge in [-0.2, -0.15) is 0 Å². The lowest BCUT2D eigenvalue weighted by Crippen LogP contribution is -2.23. The van der Waals surface area contributed by atoms with E-state index in [1.807, 2.05) is 6.92 Å². The predicted molar refractivity (Wildman–Crippen MR) is 60.5 cm³/mol. The first kappa shape index (κ1) is 10.4. The minimum Gasteiger partial charge on any atom is -0.356 e. The summed E-state index contributed by atoms with van der Waals surface area (Å²) in [4.78, 5) is 0. The van der Waals surface area contributed by atoms with E-state index in [1.165, 1.54) is 11.1 Å². The molecule has 0 bridgehead atoms. The zero-order valence-electron chi connectivity index (χ0n) is 9.14. The van der Waals surface area contributed by atoms with E-state index in [0.29, 0.717) is 0 Å². The molecule has 2 unspecified atom stereocenters. The number of methoxy groups -OCH3 is 1. The number of rotatable bonds is 3. The number of fused-ring (bicyclic) bond motifs is 1. The van der Waals surface area contributed by atoms with Gasteiger partial charge in [-0.15, -0.1) is 0 Å². The fourth-order valence-electron chi connectivity index (χ4n) is 1.77. The Bertz CT molecular complexity index is 357. The van der Waals surface area contributed by atoms with Crippen molar-refractivity contribution in [2.75, 3.05) is 7.11 Å². The molecule has 2 rings (SSSR count). The van der Waals surface area contributed by atoms with Crippen molar-refractivity contribution in [3.63, 3.8) is 0 Å². The molecule has 2 heteroatoms. The van der Waals surface area contributed by atoms with Crippen LogP contribution in [0.1, 0.15) is 18.1 Å². The number of hydrogen-bond acceptors (Lipinski definition) is 2. The van der Waals surface area contributed by atoms with E-state index in [4.69, 9.17) is 9.47 Å². The van der Waals surface area contributed by atoms with E-state index in [2.05, 4.69) is 36.4 Å². The zero-order chi connectivity index (χ0) is 10.7. The molecule has 1 aromatic rings. The molecular weight excluding hydrogens is 188 g/mol. The Labute approximate surface area is 90.5 Å². The molecule has 0 N–H and O–H groups in total. The molecule has 1 aliphatic carbocycles. The van der Waals surface area contributed by atoms with Crippen LogP contribution in [0.5, 0.6) is 0 Å². The summed E-state index contributed by atoms with van der Waals surface area (Å²) in [5.41, 5.74) is 2.63. The van der Waals surface area contributed by atoms with E-state index in [-0.39, 0.29) is 12.4 Å². The molecule has 0 radical (unpaired) electrons. The van der Waals surface area contributed by atoms with Crippen LogP contribution in [0.15, 0.2) is 30.3 Å². The van der Waals surface area contributed by atoms with Crippen molar-refractivity contribution in [3.05, 3.63) is 41.5 Å². The lowest BCUT2D eigenvalue weighted by Gasteiger charge is -2.22. The van der Waals surface area contributed by atoms with Crippen molar-refractivity contribution >= 4 is 6.08 Å². The van der Waals surface area contributed by atoms with Gasteiger partial charge in [0.1, 0.15) is 0 Å². The van der Waals surface area contributed by atoms with Gasteiger partial charge in [0, 0.05) is 13.5 Å². The van der Waals surface area contributed by atoms with E-state index >= 15 is 0 Å². The Hall–Kier alpha value is -1.12. The van der Waals surface area contributed by atoms with Crippen molar-refractivity contribution in [1.82, 2.24) is 0 Å². The van der Waals surface area contributed by atoms with E-state index in [1.54, 1.807) is 7.11 Å². The summed E-state index contributed by atoms with van der Waals surface area (Å²) in [5.74, 6) is 0. The molecule has 0 saturated carbocycles. The Morgan fingerprint density at radius 1 is 1.33 bits per heavy atom. The molecule has 0 fully saturated rings. The van der Waals surface area contributed by atoms with Gasteiger partial charge in [-0.3, -0.25) is 0 Å². The van der Waals surface area contributed by atoms with Crippen molar-refractivity contribution in [2.24, 2.45) is 0 Å². The molecule has 2 atom stereocenters. The number of benzene rings is 1. The van der Waals surface area contributed by atoms with Crippen LogP contribution in [0.3, 0.4) is 0 Å². The van der Waals surface area contributed by atoms with Gasteiger partial charge in [0.05, 0.1) is 6.10 Å². The highest BCUT2D eigenvalue weighted by Gasteiger charge is 2.15. The van der Waals surface area contributed by atoms with Crippen LogP contribution in [-0.4, -0.2) is 19.5 Å². The van der Waals surface area contributed by atoms with Gasteiger partial charge in [-0.1, -0.05) is 36.4 Å². The molecule has 0 heterocycles. The minimum atomic E-state index is -0.148. The lowest BCUT2D eigenvalue weighted by molar-refractivity contribution is -0.130. The first-order valence-electron chi connectivity index (χ1n) is 5.24.